The molecule has 0 bridgehead atoms. The first-order valence-electron chi connectivity index (χ1n) is 4.89. The van der Waals surface area contributed by atoms with E-state index in [-0.39, 0.29) is 23.9 Å². The summed E-state index contributed by atoms with van der Waals surface area (Å²) in [5.41, 5.74) is -0.748. The summed E-state index contributed by atoms with van der Waals surface area (Å²) in [6, 6.07) is 2.74. The Labute approximate surface area is 103 Å². The fraction of sp³-hybridized carbons (Fsp3) is 0.400. The highest BCUT2D eigenvalue weighted by atomic mass is 16.6. The minimum atomic E-state index is -0.701. The molecule has 0 N–H and O–H groups in total. The number of rotatable bonds is 6. The van der Waals surface area contributed by atoms with Crippen LogP contribution in [0.4, 0.5) is 5.69 Å². The van der Waals surface area contributed by atoms with E-state index in [1.54, 1.807) is 6.07 Å². The lowest BCUT2D eigenvalue weighted by atomic mass is 10.3. The molecule has 1 aromatic heterocycles. The number of pyridine rings is 1. The van der Waals surface area contributed by atoms with Crippen LogP contribution in [0.1, 0.15) is 5.69 Å². The van der Waals surface area contributed by atoms with E-state index < -0.39 is 10.6 Å². The molecule has 0 aliphatic heterocycles. The van der Waals surface area contributed by atoms with E-state index in [2.05, 4.69) is 4.98 Å². The molecule has 1 heterocycles. The number of hydrogen-bond acceptors (Lipinski definition) is 7. The van der Waals surface area contributed by atoms with Crippen LogP contribution < -0.4 is 9.47 Å². The standard InChI is InChI=1S/C10H11N3O5/c1-16-3-4-18-10-9(17-2)5-8(13(14)15)7(6-11)12-10/h5H,3-4H2,1-2H3. The number of nitrogens with zero attached hydrogens (tertiary/aromatic N) is 3. The van der Waals surface area contributed by atoms with Gasteiger partial charge in [0.25, 0.3) is 5.88 Å². The summed E-state index contributed by atoms with van der Waals surface area (Å²) in [6.07, 6.45) is 0. The van der Waals surface area contributed by atoms with E-state index in [1.807, 2.05) is 0 Å². The molecule has 1 rings (SSSR count). The lowest BCUT2D eigenvalue weighted by molar-refractivity contribution is -0.385. The van der Waals surface area contributed by atoms with Gasteiger partial charge < -0.3 is 14.2 Å². The van der Waals surface area contributed by atoms with Crippen LogP contribution in [0.3, 0.4) is 0 Å². The fourth-order valence-electron chi connectivity index (χ4n) is 1.16. The molecule has 0 aromatic carbocycles. The molecular weight excluding hydrogens is 242 g/mol. The molecule has 0 atom stereocenters. The molecule has 0 saturated heterocycles. The maximum atomic E-state index is 10.7. The third kappa shape index (κ3) is 3.05. The van der Waals surface area contributed by atoms with Gasteiger partial charge in [0.05, 0.1) is 24.7 Å². The summed E-state index contributed by atoms with van der Waals surface area (Å²) in [7, 11) is 2.83. The predicted molar refractivity (Wildman–Crippen MR) is 59.5 cm³/mol. The summed E-state index contributed by atoms with van der Waals surface area (Å²) in [4.78, 5) is 13.8. The minimum absolute atomic E-state index is 0.0247. The fourth-order valence-corrected chi connectivity index (χ4v) is 1.16. The molecule has 1 aromatic rings. The molecule has 8 heteroatoms. The SMILES string of the molecule is COCCOc1nc(C#N)c([N+](=O)[O-])cc1OC. The van der Waals surface area contributed by atoms with Crippen LogP contribution in [0.15, 0.2) is 6.07 Å². The summed E-state index contributed by atoms with van der Waals surface area (Å²) >= 11 is 0. The molecule has 0 unspecified atom stereocenters. The second kappa shape index (κ2) is 6.36. The van der Waals surface area contributed by atoms with Crippen molar-refractivity contribution < 1.29 is 19.1 Å². The van der Waals surface area contributed by atoms with Gasteiger partial charge in [0.2, 0.25) is 5.69 Å². The van der Waals surface area contributed by atoms with Crippen LogP contribution in [0.2, 0.25) is 0 Å². The molecule has 96 valence electrons. The second-order valence-electron chi connectivity index (χ2n) is 3.07. The number of methoxy groups -OCH3 is 2. The molecule has 0 saturated carbocycles. The summed E-state index contributed by atoms with van der Waals surface area (Å²) in [5.74, 6) is 0.119. The van der Waals surface area contributed by atoms with Crippen molar-refractivity contribution in [3.05, 3.63) is 21.9 Å². The number of aromatic nitrogens is 1. The number of ether oxygens (including phenoxy) is 3. The van der Waals surface area contributed by atoms with Crippen molar-refractivity contribution in [2.24, 2.45) is 0 Å². The Morgan fingerprint density at radius 1 is 1.50 bits per heavy atom. The first kappa shape index (κ1) is 13.7. The van der Waals surface area contributed by atoms with E-state index >= 15 is 0 Å². The Balaban J connectivity index is 3.11. The van der Waals surface area contributed by atoms with E-state index in [0.717, 1.165) is 6.07 Å². The van der Waals surface area contributed by atoms with Crippen LogP contribution in [-0.4, -0.2) is 37.3 Å². The molecule has 18 heavy (non-hydrogen) atoms. The zero-order valence-electron chi connectivity index (χ0n) is 9.87. The van der Waals surface area contributed by atoms with Crippen molar-refractivity contribution >= 4 is 5.69 Å². The Hall–Kier alpha value is -2.40. The van der Waals surface area contributed by atoms with Crippen molar-refractivity contribution in [1.82, 2.24) is 4.98 Å². The van der Waals surface area contributed by atoms with Gasteiger partial charge >= 0.3 is 5.69 Å². The van der Waals surface area contributed by atoms with Gasteiger partial charge in [0.1, 0.15) is 12.7 Å². The third-order valence-corrected chi connectivity index (χ3v) is 1.98. The van der Waals surface area contributed by atoms with Gasteiger partial charge in [-0.05, 0) is 0 Å². The smallest absolute Gasteiger partial charge is 0.309 e. The molecule has 0 radical (unpaired) electrons. The highest BCUT2D eigenvalue weighted by molar-refractivity contribution is 5.52. The van der Waals surface area contributed by atoms with Crippen LogP contribution in [0.5, 0.6) is 11.6 Å². The van der Waals surface area contributed by atoms with Crippen LogP contribution in [0, 0.1) is 21.4 Å². The molecule has 8 nitrogen and oxygen atoms in total. The minimum Gasteiger partial charge on any atom is -0.491 e. The molecule has 0 fully saturated rings. The zero-order chi connectivity index (χ0) is 13.5. The Morgan fingerprint density at radius 2 is 2.22 bits per heavy atom. The van der Waals surface area contributed by atoms with Gasteiger partial charge in [0.15, 0.2) is 5.75 Å². The topological polar surface area (TPSA) is 108 Å². The molecule has 0 spiro atoms. The first-order valence-corrected chi connectivity index (χ1v) is 4.89. The lowest BCUT2D eigenvalue weighted by Gasteiger charge is -2.09. The van der Waals surface area contributed by atoms with Crippen molar-refractivity contribution in [3.63, 3.8) is 0 Å². The maximum absolute atomic E-state index is 10.7. The van der Waals surface area contributed by atoms with E-state index in [1.165, 1.54) is 14.2 Å². The Kier molecular flexibility index (Phi) is 4.83. The summed E-state index contributed by atoms with van der Waals surface area (Å²) < 4.78 is 14.9. The van der Waals surface area contributed by atoms with Gasteiger partial charge in [0, 0.05) is 7.11 Å². The van der Waals surface area contributed by atoms with Crippen molar-refractivity contribution in [3.8, 4) is 17.7 Å². The largest absolute Gasteiger partial charge is 0.491 e. The molecule has 0 aliphatic rings. The maximum Gasteiger partial charge on any atom is 0.309 e. The van der Waals surface area contributed by atoms with E-state index in [0.29, 0.717) is 6.61 Å². The highest BCUT2D eigenvalue weighted by Crippen LogP contribution is 2.30. The van der Waals surface area contributed by atoms with Gasteiger partial charge in [-0.1, -0.05) is 0 Å². The van der Waals surface area contributed by atoms with Crippen LogP contribution in [0.25, 0.3) is 0 Å². The average molecular weight is 253 g/mol. The first-order chi connectivity index (χ1) is 8.63. The quantitative estimate of drug-likeness (QED) is 0.421. The number of hydrogen-bond donors (Lipinski definition) is 0. The molecular formula is C10H11N3O5. The predicted octanol–water partition coefficient (Wildman–Crippen LogP) is 0.895. The van der Waals surface area contributed by atoms with Crippen LogP contribution in [-0.2, 0) is 4.74 Å². The normalized spacial score (nSPS) is 9.61. The number of nitriles is 1. The Bertz CT molecular complexity index is 483. The Morgan fingerprint density at radius 3 is 2.72 bits per heavy atom. The zero-order valence-corrected chi connectivity index (χ0v) is 9.87. The van der Waals surface area contributed by atoms with Crippen LogP contribution >= 0.6 is 0 Å². The number of nitro groups is 1. The summed E-state index contributed by atoms with van der Waals surface area (Å²) in [6.45, 7) is 0.520. The molecule has 0 amide bonds. The summed E-state index contributed by atoms with van der Waals surface area (Å²) in [5, 5.41) is 19.5. The van der Waals surface area contributed by atoms with Crippen molar-refractivity contribution in [2.75, 3.05) is 27.4 Å². The van der Waals surface area contributed by atoms with Gasteiger partial charge in [-0.3, -0.25) is 10.1 Å². The van der Waals surface area contributed by atoms with Crippen molar-refractivity contribution in [2.45, 2.75) is 0 Å². The van der Waals surface area contributed by atoms with Gasteiger partial charge in [-0.25, -0.2) is 0 Å². The third-order valence-electron chi connectivity index (χ3n) is 1.98. The van der Waals surface area contributed by atoms with Crippen molar-refractivity contribution in [1.29, 1.82) is 5.26 Å². The average Bonchev–Trinajstić information content (AvgIpc) is 2.38. The lowest BCUT2D eigenvalue weighted by Crippen LogP contribution is -2.08. The second-order valence-corrected chi connectivity index (χ2v) is 3.07. The molecule has 0 aliphatic carbocycles. The highest BCUT2D eigenvalue weighted by Gasteiger charge is 2.21. The van der Waals surface area contributed by atoms with E-state index in [4.69, 9.17) is 19.5 Å². The van der Waals surface area contributed by atoms with Gasteiger partial charge in [-0.2, -0.15) is 10.2 Å². The monoisotopic (exact) mass is 253 g/mol. The van der Waals surface area contributed by atoms with Gasteiger partial charge in [-0.15, -0.1) is 0 Å². The van der Waals surface area contributed by atoms with E-state index in [9.17, 15) is 10.1 Å².